The fourth-order valence-corrected chi connectivity index (χ4v) is 4.72. The lowest BCUT2D eigenvalue weighted by molar-refractivity contribution is 0.541. The first-order chi connectivity index (χ1) is 10.1. The van der Waals surface area contributed by atoms with Gasteiger partial charge >= 0.3 is 0 Å². The normalized spacial score (nSPS) is 18.2. The molecule has 0 aliphatic carbocycles. The highest BCUT2D eigenvalue weighted by atomic mass is 32.2. The zero-order valence-corrected chi connectivity index (χ0v) is 12.8. The molecule has 0 unspecified atom stereocenters. The summed E-state index contributed by atoms with van der Waals surface area (Å²) in [5, 5.41) is 0. The van der Waals surface area contributed by atoms with Crippen molar-refractivity contribution in [1.82, 2.24) is 4.72 Å². The molecule has 0 saturated carbocycles. The molecule has 3 rings (SSSR count). The SMILES string of the molecule is O=S(=O)(N[C@H]1CCSc2ccc(F)cc21)c1ccccc1. The van der Waals surface area contributed by atoms with Crippen molar-refractivity contribution in [1.29, 1.82) is 0 Å². The van der Waals surface area contributed by atoms with Gasteiger partial charge in [0.1, 0.15) is 5.82 Å². The van der Waals surface area contributed by atoms with Gasteiger partial charge in [-0.2, -0.15) is 0 Å². The summed E-state index contributed by atoms with van der Waals surface area (Å²) >= 11 is 1.62. The molecule has 1 heterocycles. The lowest BCUT2D eigenvalue weighted by Crippen LogP contribution is -2.30. The van der Waals surface area contributed by atoms with E-state index in [9.17, 15) is 12.8 Å². The maximum Gasteiger partial charge on any atom is 0.241 e. The number of hydrogen-bond donors (Lipinski definition) is 1. The van der Waals surface area contributed by atoms with E-state index in [0.717, 1.165) is 10.6 Å². The van der Waals surface area contributed by atoms with Gasteiger partial charge in [0.2, 0.25) is 10.0 Å². The highest BCUT2D eigenvalue weighted by Gasteiger charge is 2.26. The molecule has 1 aliphatic rings. The average Bonchev–Trinajstić information content (AvgIpc) is 2.48. The van der Waals surface area contributed by atoms with Gasteiger partial charge in [-0.1, -0.05) is 18.2 Å². The van der Waals surface area contributed by atoms with Gasteiger partial charge in [0.25, 0.3) is 0 Å². The van der Waals surface area contributed by atoms with E-state index in [-0.39, 0.29) is 16.8 Å². The third-order valence-corrected chi connectivity index (χ3v) is 5.97. The molecule has 6 heteroatoms. The Morgan fingerprint density at radius 3 is 2.67 bits per heavy atom. The van der Waals surface area contributed by atoms with Crippen molar-refractivity contribution >= 4 is 21.8 Å². The van der Waals surface area contributed by atoms with Crippen molar-refractivity contribution in [2.75, 3.05) is 5.75 Å². The van der Waals surface area contributed by atoms with Crippen LogP contribution in [-0.4, -0.2) is 14.2 Å². The van der Waals surface area contributed by atoms with Crippen LogP contribution in [0.5, 0.6) is 0 Å². The number of sulfonamides is 1. The van der Waals surface area contributed by atoms with Crippen molar-refractivity contribution in [3.63, 3.8) is 0 Å². The molecule has 1 N–H and O–H groups in total. The molecule has 0 saturated heterocycles. The lowest BCUT2D eigenvalue weighted by atomic mass is 10.0. The Hall–Kier alpha value is -1.37. The molecule has 110 valence electrons. The van der Waals surface area contributed by atoms with Gasteiger partial charge in [-0.25, -0.2) is 17.5 Å². The molecule has 0 spiro atoms. The molecule has 1 aliphatic heterocycles. The van der Waals surface area contributed by atoms with E-state index in [2.05, 4.69) is 4.72 Å². The van der Waals surface area contributed by atoms with Crippen LogP contribution in [-0.2, 0) is 10.0 Å². The average molecular weight is 323 g/mol. The lowest BCUT2D eigenvalue weighted by Gasteiger charge is -2.25. The first kappa shape index (κ1) is 14.6. The van der Waals surface area contributed by atoms with Crippen LogP contribution in [0.2, 0.25) is 0 Å². The summed E-state index contributed by atoms with van der Waals surface area (Å²) in [6.07, 6.45) is 0.646. The number of nitrogens with one attached hydrogen (secondary N) is 1. The van der Waals surface area contributed by atoms with E-state index < -0.39 is 10.0 Å². The Labute approximate surface area is 127 Å². The first-order valence-electron chi connectivity index (χ1n) is 6.56. The summed E-state index contributed by atoms with van der Waals surface area (Å²) in [6, 6.07) is 12.4. The summed E-state index contributed by atoms with van der Waals surface area (Å²) in [6.45, 7) is 0. The molecule has 2 aromatic carbocycles. The zero-order valence-electron chi connectivity index (χ0n) is 11.1. The summed E-state index contributed by atoms with van der Waals surface area (Å²) in [5.41, 5.74) is 0.714. The Kier molecular flexibility index (Phi) is 4.01. The summed E-state index contributed by atoms with van der Waals surface area (Å²) < 4.78 is 40.9. The number of fused-ring (bicyclic) bond motifs is 1. The number of rotatable bonds is 3. The molecule has 0 radical (unpaired) electrons. The highest BCUT2D eigenvalue weighted by Crippen LogP contribution is 2.37. The Morgan fingerprint density at radius 2 is 1.90 bits per heavy atom. The maximum absolute atomic E-state index is 13.4. The largest absolute Gasteiger partial charge is 0.241 e. The van der Waals surface area contributed by atoms with Gasteiger partial charge in [-0.15, -0.1) is 11.8 Å². The molecule has 0 bridgehead atoms. The minimum atomic E-state index is -3.60. The fourth-order valence-electron chi connectivity index (χ4n) is 2.34. The molecule has 0 amide bonds. The molecular weight excluding hydrogens is 309 g/mol. The third-order valence-electron chi connectivity index (χ3n) is 3.36. The van der Waals surface area contributed by atoms with Crippen molar-refractivity contribution in [2.45, 2.75) is 22.3 Å². The van der Waals surface area contributed by atoms with Crippen LogP contribution >= 0.6 is 11.8 Å². The monoisotopic (exact) mass is 323 g/mol. The van der Waals surface area contributed by atoms with Gasteiger partial charge in [0.05, 0.1) is 4.90 Å². The van der Waals surface area contributed by atoms with Crippen LogP contribution in [0.4, 0.5) is 4.39 Å². The van der Waals surface area contributed by atoms with Crippen LogP contribution < -0.4 is 4.72 Å². The van der Waals surface area contributed by atoms with Gasteiger partial charge in [-0.3, -0.25) is 0 Å². The Balaban J connectivity index is 1.92. The van der Waals surface area contributed by atoms with Crippen molar-refractivity contribution in [3.8, 4) is 0 Å². The van der Waals surface area contributed by atoms with Crippen molar-refractivity contribution < 1.29 is 12.8 Å². The minimum absolute atomic E-state index is 0.223. The molecule has 2 aromatic rings. The summed E-state index contributed by atoms with van der Waals surface area (Å²) in [4.78, 5) is 1.16. The molecule has 0 aromatic heterocycles. The predicted octanol–water partition coefficient (Wildman–Crippen LogP) is 3.34. The number of thioether (sulfide) groups is 1. The maximum atomic E-state index is 13.4. The van der Waals surface area contributed by atoms with E-state index >= 15 is 0 Å². The summed E-state index contributed by atoms with van der Waals surface area (Å²) in [7, 11) is -3.60. The van der Waals surface area contributed by atoms with Crippen LogP contribution in [0.1, 0.15) is 18.0 Å². The fraction of sp³-hybridized carbons (Fsp3) is 0.200. The first-order valence-corrected chi connectivity index (χ1v) is 9.03. The molecule has 0 fully saturated rings. The van der Waals surface area contributed by atoms with Crippen LogP contribution in [0.3, 0.4) is 0 Å². The highest BCUT2D eigenvalue weighted by molar-refractivity contribution is 7.99. The minimum Gasteiger partial charge on any atom is -0.207 e. The number of benzene rings is 2. The number of halogens is 1. The Bertz CT molecular complexity index is 748. The van der Waals surface area contributed by atoms with Gasteiger partial charge in [-0.05, 0) is 48.1 Å². The second-order valence-electron chi connectivity index (χ2n) is 4.81. The van der Waals surface area contributed by atoms with Crippen molar-refractivity contribution in [2.24, 2.45) is 0 Å². The van der Waals surface area contributed by atoms with E-state index in [1.807, 2.05) is 0 Å². The van der Waals surface area contributed by atoms with Gasteiger partial charge in [0.15, 0.2) is 0 Å². The van der Waals surface area contributed by atoms with Crippen LogP contribution in [0, 0.1) is 5.82 Å². The topological polar surface area (TPSA) is 46.2 Å². The third kappa shape index (κ3) is 3.12. The molecule has 1 atom stereocenters. The summed E-state index contributed by atoms with van der Waals surface area (Å²) in [5.74, 6) is 0.459. The van der Waals surface area contributed by atoms with Gasteiger partial charge in [0, 0.05) is 10.9 Å². The Morgan fingerprint density at radius 1 is 1.14 bits per heavy atom. The quantitative estimate of drug-likeness (QED) is 0.942. The standard InChI is InChI=1S/C15H14FNO2S2/c16-11-6-7-15-13(10-11)14(8-9-20-15)17-21(18,19)12-4-2-1-3-5-12/h1-7,10,14,17H,8-9H2/t14-/m0/s1. The number of hydrogen-bond acceptors (Lipinski definition) is 3. The van der Waals surface area contributed by atoms with E-state index in [0.29, 0.717) is 12.0 Å². The van der Waals surface area contributed by atoms with Crippen LogP contribution in [0.25, 0.3) is 0 Å². The second kappa shape index (κ2) is 5.79. The second-order valence-corrected chi connectivity index (χ2v) is 7.66. The van der Waals surface area contributed by atoms with Crippen molar-refractivity contribution in [3.05, 3.63) is 59.9 Å². The molecule has 3 nitrogen and oxygen atoms in total. The van der Waals surface area contributed by atoms with E-state index in [1.165, 1.54) is 12.1 Å². The van der Waals surface area contributed by atoms with E-state index in [1.54, 1.807) is 48.2 Å². The van der Waals surface area contributed by atoms with Gasteiger partial charge < -0.3 is 0 Å². The smallest absolute Gasteiger partial charge is 0.207 e. The molecular formula is C15H14FNO2S2. The predicted molar refractivity (Wildman–Crippen MR) is 81.2 cm³/mol. The van der Waals surface area contributed by atoms with Crippen LogP contribution in [0.15, 0.2) is 58.3 Å². The zero-order chi connectivity index (χ0) is 14.9. The molecule has 21 heavy (non-hydrogen) atoms. The van der Waals surface area contributed by atoms with E-state index in [4.69, 9.17) is 0 Å².